The Kier molecular flexibility index (Phi) is 7.23. The van der Waals surface area contributed by atoms with Gasteiger partial charge < -0.3 is 9.32 Å². The van der Waals surface area contributed by atoms with E-state index in [4.69, 9.17) is 4.42 Å². The number of aryl methyl sites for hydroxylation is 1. The van der Waals surface area contributed by atoms with Crippen LogP contribution in [0.1, 0.15) is 91.2 Å². The molecule has 0 spiro atoms. The van der Waals surface area contributed by atoms with Gasteiger partial charge in [-0.25, -0.2) is 0 Å². The molecule has 1 heterocycles. The van der Waals surface area contributed by atoms with Gasteiger partial charge in [0.1, 0.15) is 11.3 Å². The molecule has 0 radical (unpaired) electrons. The summed E-state index contributed by atoms with van der Waals surface area (Å²) in [5, 5.41) is 1.26. The van der Waals surface area contributed by atoms with E-state index in [0.29, 0.717) is 5.92 Å². The monoisotopic (exact) mass is 723 g/mol. The normalized spacial score (nSPS) is 18.0. The first-order valence-corrected chi connectivity index (χ1v) is 20.3. The van der Waals surface area contributed by atoms with Crippen molar-refractivity contribution in [3.63, 3.8) is 0 Å². The fourth-order valence-corrected chi connectivity index (χ4v) is 10.4. The standard InChI is InChI=1S/C54H45NO/c1-53(2)47-20-11-9-16-45(47)50-48(53)32-31-44-43-18-12-17-40(51(43)56-52(44)50)36-23-27-38(28-24-36)55(37-25-21-35(22-26-37)34-13-6-5-7-14-34)39-29-30-42-41-15-8-10-19-46(41)54(3,4)49(42)33-39/h5-11,13-17,19-21,23-33,35H,12,18,22H2,1-4H3. The van der Waals surface area contributed by atoms with Gasteiger partial charge in [-0.3, -0.25) is 0 Å². The van der Waals surface area contributed by atoms with Crippen LogP contribution in [0.15, 0.2) is 168 Å². The first-order valence-electron chi connectivity index (χ1n) is 20.3. The molecule has 0 fully saturated rings. The number of hydrogen-bond acceptors (Lipinski definition) is 2. The van der Waals surface area contributed by atoms with Gasteiger partial charge in [-0.05, 0) is 99.7 Å². The van der Waals surface area contributed by atoms with E-state index in [-0.39, 0.29) is 10.8 Å². The summed E-state index contributed by atoms with van der Waals surface area (Å²) in [5.41, 5.74) is 20.3. The van der Waals surface area contributed by atoms with Crippen LogP contribution in [0.25, 0.3) is 38.8 Å². The number of benzene rings is 6. The van der Waals surface area contributed by atoms with Gasteiger partial charge in [0.05, 0.1) is 0 Å². The van der Waals surface area contributed by atoms with Crippen LogP contribution in [0.3, 0.4) is 0 Å². The minimum absolute atomic E-state index is 0.0578. The molecule has 1 unspecified atom stereocenters. The maximum absolute atomic E-state index is 7.03. The highest BCUT2D eigenvalue weighted by molar-refractivity contribution is 6.03. The Bertz CT molecular complexity index is 2820. The van der Waals surface area contributed by atoms with Crippen molar-refractivity contribution in [1.29, 1.82) is 0 Å². The summed E-state index contributed by atoms with van der Waals surface area (Å²) in [4.78, 5) is 2.45. The lowest BCUT2D eigenvalue weighted by Gasteiger charge is -2.31. The fraction of sp³-hybridized carbons (Fsp3) is 0.185. The third kappa shape index (κ3) is 4.81. The lowest BCUT2D eigenvalue weighted by Crippen LogP contribution is -2.19. The van der Waals surface area contributed by atoms with Crippen LogP contribution in [0.2, 0.25) is 0 Å². The predicted molar refractivity (Wildman–Crippen MR) is 233 cm³/mol. The molecule has 0 saturated heterocycles. The molecular formula is C54H45NO. The summed E-state index contributed by atoms with van der Waals surface area (Å²) in [7, 11) is 0. The highest BCUT2D eigenvalue weighted by atomic mass is 16.3. The van der Waals surface area contributed by atoms with Crippen LogP contribution >= 0.6 is 0 Å². The second-order valence-electron chi connectivity index (χ2n) is 17.1. The Morgan fingerprint density at radius 3 is 2.05 bits per heavy atom. The van der Waals surface area contributed by atoms with Gasteiger partial charge >= 0.3 is 0 Å². The zero-order chi connectivity index (χ0) is 37.8. The highest BCUT2D eigenvalue weighted by Gasteiger charge is 2.39. The highest BCUT2D eigenvalue weighted by Crippen LogP contribution is 2.54. The second-order valence-corrected chi connectivity index (χ2v) is 17.1. The molecular weight excluding hydrogens is 679 g/mol. The molecule has 0 N–H and O–H groups in total. The second kappa shape index (κ2) is 12.2. The third-order valence-electron chi connectivity index (χ3n) is 13.3. The Morgan fingerprint density at radius 1 is 0.607 bits per heavy atom. The number of hydrogen-bond donors (Lipinski definition) is 0. The molecule has 0 aliphatic heterocycles. The predicted octanol–water partition coefficient (Wildman–Crippen LogP) is 14.2. The largest absolute Gasteiger partial charge is 0.455 e. The van der Waals surface area contributed by atoms with E-state index in [0.717, 1.165) is 36.3 Å². The third-order valence-corrected chi connectivity index (χ3v) is 13.3. The molecule has 7 aromatic rings. The van der Waals surface area contributed by atoms with Gasteiger partial charge in [-0.15, -0.1) is 0 Å². The van der Waals surface area contributed by atoms with Crippen LogP contribution in [0, 0.1) is 0 Å². The van der Waals surface area contributed by atoms with Crippen molar-refractivity contribution in [3.8, 4) is 22.3 Å². The van der Waals surface area contributed by atoms with E-state index in [1.54, 1.807) is 0 Å². The zero-order valence-electron chi connectivity index (χ0n) is 32.6. The van der Waals surface area contributed by atoms with E-state index in [9.17, 15) is 0 Å². The Labute approximate surface area is 330 Å². The van der Waals surface area contributed by atoms with Crippen molar-refractivity contribution < 1.29 is 4.42 Å². The number of anilines is 2. The van der Waals surface area contributed by atoms with Gasteiger partial charge in [0, 0.05) is 55.9 Å². The van der Waals surface area contributed by atoms with Gasteiger partial charge in [-0.1, -0.05) is 155 Å². The summed E-state index contributed by atoms with van der Waals surface area (Å²) < 4.78 is 7.03. The van der Waals surface area contributed by atoms with Gasteiger partial charge in [-0.2, -0.15) is 0 Å². The molecule has 0 saturated carbocycles. The number of allylic oxidation sites excluding steroid dienone is 4. The van der Waals surface area contributed by atoms with Crippen molar-refractivity contribution in [2.75, 3.05) is 4.90 Å². The molecule has 1 aromatic heterocycles. The van der Waals surface area contributed by atoms with Gasteiger partial charge in [0.2, 0.25) is 0 Å². The minimum atomic E-state index is -0.0810. The Morgan fingerprint density at radius 2 is 1.29 bits per heavy atom. The van der Waals surface area contributed by atoms with Gasteiger partial charge in [0.15, 0.2) is 0 Å². The van der Waals surface area contributed by atoms with Crippen molar-refractivity contribution in [2.24, 2.45) is 0 Å². The molecule has 56 heavy (non-hydrogen) atoms. The maximum Gasteiger partial charge on any atom is 0.143 e. The summed E-state index contributed by atoms with van der Waals surface area (Å²) in [6.07, 6.45) is 12.4. The molecule has 0 amide bonds. The molecule has 2 nitrogen and oxygen atoms in total. The molecule has 0 bridgehead atoms. The van der Waals surface area contributed by atoms with E-state index in [1.165, 1.54) is 83.5 Å². The molecule has 4 aliphatic carbocycles. The smallest absolute Gasteiger partial charge is 0.143 e. The van der Waals surface area contributed by atoms with E-state index in [1.807, 2.05) is 0 Å². The van der Waals surface area contributed by atoms with Crippen molar-refractivity contribution in [2.45, 2.75) is 63.7 Å². The van der Waals surface area contributed by atoms with E-state index >= 15 is 0 Å². The Hall–Kier alpha value is -6.12. The maximum atomic E-state index is 7.03. The van der Waals surface area contributed by atoms with Crippen LogP contribution in [-0.2, 0) is 17.3 Å². The van der Waals surface area contributed by atoms with Crippen LogP contribution in [-0.4, -0.2) is 0 Å². The molecule has 2 heteroatoms. The lowest BCUT2D eigenvalue weighted by molar-refractivity contribution is 0.590. The summed E-state index contributed by atoms with van der Waals surface area (Å²) in [6, 6.07) is 49.6. The number of nitrogens with zero attached hydrogens (tertiary/aromatic N) is 1. The van der Waals surface area contributed by atoms with Crippen LogP contribution in [0.5, 0.6) is 0 Å². The van der Waals surface area contributed by atoms with E-state index < -0.39 is 0 Å². The molecule has 272 valence electrons. The van der Waals surface area contributed by atoms with Crippen LogP contribution in [0.4, 0.5) is 11.4 Å². The summed E-state index contributed by atoms with van der Waals surface area (Å²) >= 11 is 0. The molecule has 11 rings (SSSR count). The molecule has 4 aliphatic rings. The summed E-state index contributed by atoms with van der Waals surface area (Å²) in [6.45, 7) is 9.41. The van der Waals surface area contributed by atoms with Gasteiger partial charge in [0.25, 0.3) is 0 Å². The average molecular weight is 724 g/mol. The minimum Gasteiger partial charge on any atom is -0.455 e. The zero-order valence-corrected chi connectivity index (χ0v) is 32.6. The average Bonchev–Trinajstić information content (AvgIpc) is 3.82. The Balaban J connectivity index is 0.988. The molecule has 1 atom stereocenters. The lowest BCUT2D eigenvalue weighted by atomic mass is 9.82. The first kappa shape index (κ1) is 33.2. The molecule has 6 aromatic carbocycles. The number of rotatable bonds is 5. The van der Waals surface area contributed by atoms with Crippen molar-refractivity contribution in [1.82, 2.24) is 0 Å². The topological polar surface area (TPSA) is 16.4 Å². The summed E-state index contributed by atoms with van der Waals surface area (Å²) in [5.74, 6) is 1.39. The number of furan rings is 1. The quantitative estimate of drug-likeness (QED) is 0.176. The fourth-order valence-electron chi connectivity index (χ4n) is 10.4. The SMILES string of the molecule is CC1(C)c2ccccc2-c2ccc(N(C3=CCC(c4ccccc4)C=C3)c3ccc(C4=CCCc5c4oc4c6c(ccc54)C(C)(C)c4ccccc4-6)cc3)cc21. The van der Waals surface area contributed by atoms with Crippen molar-refractivity contribution >= 4 is 27.9 Å². The first-order chi connectivity index (χ1) is 27.3. The number of fused-ring (bicyclic) bond motifs is 10. The van der Waals surface area contributed by atoms with E-state index in [2.05, 4.69) is 190 Å². The van der Waals surface area contributed by atoms with Crippen molar-refractivity contribution in [3.05, 3.63) is 208 Å². The van der Waals surface area contributed by atoms with Crippen LogP contribution < -0.4 is 4.90 Å².